The van der Waals surface area contributed by atoms with Crippen LogP contribution in [0.25, 0.3) is 11.3 Å². The first-order valence-corrected chi connectivity index (χ1v) is 9.43. The van der Waals surface area contributed by atoms with Gasteiger partial charge in [-0.1, -0.05) is 53.7 Å². The van der Waals surface area contributed by atoms with Gasteiger partial charge in [-0.3, -0.25) is 4.79 Å². The SMILES string of the molecule is C/C(=N/OCc1ccc(-c2ccco2)cc1)c1ccc(CNCCC(=O)O)cc1. The smallest absolute Gasteiger partial charge is 0.304 e. The van der Waals surface area contributed by atoms with Crippen molar-refractivity contribution in [2.45, 2.75) is 26.5 Å². The highest BCUT2D eigenvalue weighted by Crippen LogP contribution is 2.20. The Balaban J connectivity index is 1.47. The first-order chi connectivity index (χ1) is 14.1. The highest BCUT2D eigenvalue weighted by atomic mass is 16.6. The molecule has 0 amide bonds. The van der Waals surface area contributed by atoms with Crippen molar-refractivity contribution in [3.8, 4) is 11.3 Å². The fourth-order valence-corrected chi connectivity index (χ4v) is 2.76. The lowest BCUT2D eigenvalue weighted by Gasteiger charge is -2.06. The number of carboxylic acid groups (broad SMARTS) is 1. The minimum absolute atomic E-state index is 0.118. The molecule has 0 radical (unpaired) electrons. The summed E-state index contributed by atoms with van der Waals surface area (Å²) in [4.78, 5) is 16.0. The van der Waals surface area contributed by atoms with Gasteiger partial charge in [-0.15, -0.1) is 0 Å². The molecule has 0 spiro atoms. The molecule has 0 unspecified atom stereocenters. The van der Waals surface area contributed by atoms with E-state index in [2.05, 4.69) is 10.5 Å². The van der Waals surface area contributed by atoms with E-state index in [1.54, 1.807) is 6.26 Å². The zero-order valence-electron chi connectivity index (χ0n) is 16.3. The largest absolute Gasteiger partial charge is 0.481 e. The summed E-state index contributed by atoms with van der Waals surface area (Å²) in [7, 11) is 0. The molecule has 0 atom stereocenters. The van der Waals surface area contributed by atoms with Crippen molar-refractivity contribution in [2.75, 3.05) is 6.54 Å². The van der Waals surface area contributed by atoms with Crippen molar-refractivity contribution < 1.29 is 19.2 Å². The van der Waals surface area contributed by atoms with Crippen LogP contribution in [-0.2, 0) is 22.8 Å². The summed E-state index contributed by atoms with van der Waals surface area (Å²) in [5, 5.41) is 15.9. The molecule has 0 aliphatic carbocycles. The van der Waals surface area contributed by atoms with Gasteiger partial charge in [-0.25, -0.2) is 0 Å². The van der Waals surface area contributed by atoms with Gasteiger partial charge in [-0.2, -0.15) is 0 Å². The fourth-order valence-electron chi connectivity index (χ4n) is 2.76. The van der Waals surface area contributed by atoms with E-state index in [-0.39, 0.29) is 6.42 Å². The van der Waals surface area contributed by atoms with Gasteiger partial charge in [0.25, 0.3) is 0 Å². The number of nitrogens with zero attached hydrogens (tertiary/aromatic N) is 1. The first-order valence-electron chi connectivity index (χ1n) is 9.43. The Hall–Kier alpha value is -3.38. The average Bonchev–Trinajstić information content (AvgIpc) is 3.27. The van der Waals surface area contributed by atoms with E-state index in [0.717, 1.165) is 33.7 Å². The van der Waals surface area contributed by atoms with Gasteiger partial charge in [0.05, 0.1) is 18.4 Å². The lowest BCUT2D eigenvalue weighted by Crippen LogP contribution is -2.17. The molecule has 29 heavy (non-hydrogen) atoms. The van der Waals surface area contributed by atoms with Crippen molar-refractivity contribution in [1.82, 2.24) is 5.32 Å². The van der Waals surface area contributed by atoms with E-state index in [4.69, 9.17) is 14.4 Å². The Morgan fingerprint density at radius 2 is 1.79 bits per heavy atom. The zero-order chi connectivity index (χ0) is 20.5. The molecule has 0 aliphatic heterocycles. The van der Waals surface area contributed by atoms with Crippen LogP contribution in [0.15, 0.2) is 76.5 Å². The van der Waals surface area contributed by atoms with Crippen LogP contribution in [0.1, 0.15) is 30.0 Å². The number of furan rings is 1. The molecule has 2 N–H and O–H groups in total. The summed E-state index contributed by atoms with van der Waals surface area (Å²) in [6.07, 6.45) is 1.78. The minimum Gasteiger partial charge on any atom is -0.481 e. The highest BCUT2D eigenvalue weighted by Gasteiger charge is 2.02. The van der Waals surface area contributed by atoms with Gasteiger partial charge in [-0.05, 0) is 35.7 Å². The normalized spacial score (nSPS) is 11.4. The van der Waals surface area contributed by atoms with E-state index in [0.29, 0.717) is 19.7 Å². The van der Waals surface area contributed by atoms with Crippen LogP contribution in [0.4, 0.5) is 0 Å². The van der Waals surface area contributed by atoms with Crippen molar-refractivity contribution >= 4 is 11.7 Å². The van der Waals surface area contributed by atoms with Crippen molar-refractivity contribution in [3.05, 3.63) is 83.6 Å². The number of hydrogen-bond donors (Lipinski definition) is 2. The van der Waals surface area contributed by atoms with Gasteiger partial charge >= 0.3 is 5.97 Å². The lowest BCUT2D eigenvalue weighted by atomic mass is 10.1. The van der Waals surface area contributed by atoms with Crippen molar-refractivity contribution in [1.29, 1.82) is 0 Å². The molecule has 2 aromatic carbocycles. The quantitative estimate of drug-likeness (QED) is 0.302. The Morgan fingerprint density at radius 1 is 1.07 bits per heavy atom. The third kappa shape index (κ3) is 6.33. The third-order valence-electron chi connectivity index (χ3n) is 4.41. The molecule has 3 rings (SSSR count). The third-order valence-corrected chi connectivity index (χ3v) is 4.41. The van der Waals surface area contributed by atoms with Crippen LogP contribution in [0.5, 0.6) is 0 Å². The number of nitrogens with one attached hydrogen (secondary N) is 1. The number of aliphatic carboxylic acids is 1. The summed E-state index contributed by atoms with van der Waals surface area (Å²) in [6.45, 7) is 3.38. The molecule has 3 aromatic rings. The van der Waals surface area contributed by atoms with Crippen LogP contribution >= 0.6 is 0 Å². The summed E-state index contributed by atoms with van der Waals surface area (Å²) in [5.74, 6) is 0.0417. The van der Waals surface area contributed by atoms with Gasteiger partial charge in [0.1, 0.15) is 12.4 Å². The van der Waals surface area contributed by atoms with E-state index in [9.17, 15) is 4.79 Å². The highest BCUT2D eigenvalue weighted by molar-refractivity contribution is 5.98. The van der Waals surface area contributed by atoms with Crippen LogP contribution in [0.3, 0.4) is 0 Å². The number of benzene rings is 2. The van der Waals surface area contributed by atoms with E-state index >= 15 is 0 Å². The second kappa shape index (κ2) is 10.2. The molecular formula is C23H24N2O4. The fraction of sp³-hybridized carbons (Fsp3) is 0.217. The monoisotopic (exact) mass is 392 g/mol. The summed E-state index contributed by atoms with van der Waals surface area (Å²) in [6, 6.07) is 19.7. The van der Waals surface area contributed by atoms with E-state index < -0.39 is 5.97 Å². The molecule has 0 fully saturated rings. The lowest BCUT2D eigenvalue weighted by molar-refractivity contribution is -0.136. The minimum atomic E-state index is -0.798. The molecule has 0 saturated heterocycles. The second-order valence-electron chi connectivity index (χ2n) is 6.64. The number of carboxylic acids is 1. The molecule has 6 heteroatoms. The maximum atomic E-state index is 10.5. The molecule has 1 aromatic heterocycles. The molecule has 150 valence electrons. The van der Waals surface area contributed by atoms with E-state index in [1.165, 1.54) is 0 Å². The molecule has 1 heterocycles. The molecular weight excluding hydrogens is 368 g/mol. The van der Waals surface area contributed by atoms with Crippen molar-refractivity contribution in [2.24, 2.45) is 5.16 Å². The van der Waals surface area contributed by atoms with Crippen LogP contribution < -0.4 is 5.32 Å². The predicted octanol–water partition coefficient (Wildman–Crippen LogP) is 4.45. The number of oxime groups is 1. The maximum Gasteiger partial charge on any atom is 0.304 e. The molecule has 0 saturated carbocycles. The zero-order valence-corrected chi connectivity index (χ0v) is 16.3. The molecule has 0 aliphatic rings. The summed E-state index contributed by atoms with van der Waals surface area (Å²) < 4.78 is 5.39. The molecule has 6 nitrogen and oxygen atoms in total. The number of carbonyl (C=O) groups is 1. The number of hydrogen-bond acceptors (Lipinski definition) is 5. The number of rotatable bonds is 10. The topological polar surface area (TPSA) is 84.1 Å². The van der Waals surface area contributed by atoms with Crippen LogP contribution in [0.2, 0.25) is 0 Å². The second-order valence-corrected chi connectivity index (χ2v) is 6.64. The van der Waals surface area contributed by atoms with Crippen molar-refractivity contribution in [3.63, 3.8) is 0 Å². The van der Waals surface area contributed by atoms with E-state index in [1.807, 2.05) is 67.6 Å². The Kier molecular flexibility index (Phi) is 7.19. The van der Waals surface area contributed by atoms with Gasteiger partial charge < -0.3 is 19.7 Å². The Bertz CT molecular complexity index is 930. The Morgan fingerprint density at radius 3 is 2.45 bits per heavy atom. The summed E-state index contributed by atoms with van der Waals surface area (Å²) >= 11 is 0. The van der Waals surface area contributed by atoms with Crippen LogP contribution in [-0.4, -0.2) is 23.3 Å². The first kappa shape index (κ1) is 20.4. The molecule has 0 bridgehead atoms. The van der Waals surface area contributed by atoms with Gasteiger partial charge in [0.2, 0.25) is 0 Å². The standard InChI is InChI=1S/C23H24N2O4/c1-17(20-8-4-18(5-9-20)15-24-13-12-23(26)27)25-29-16-19-6-10-21(11-7-19)22-3-2-14-28-22/h2-11,14,24H,12-13,15-16H2,1H3,(H,26,27)/b25-17-. The van der Waals surface area contributed by atoms with Crippen LogP contribution in [0, 0.1) is 0 Å². The average molecular weight is 392 g/mol. The maximum absolute atomic E-state index is 10.5. The summed E-state index contributed by atoms with van der Waals surface area (Å²) in [5.41, 5.74) is 4.91. The Labute approximate surface area is 169 Å². The predicted molar refractivity (Wildman–Crippen MR) is 112 cm³/mol. The van der Waals surface area contributed by atoms with Gasteiger partial charge in [0.15, 0.2) is 0 Å². The van der Waals surface area contributed by atoms with Gasteiger partial charge in [0, 0.05) is 18.7 Å².